The Labute approximate surface area is 178 Å². The Hall–Kier alpha value is -2.57. The van der Waals surface area contributed by atoms with E-state index < -0.39 is 17.7 Å². The molecule has 0 aliphatic carbocycles. The maximum absolute atomic E-state index is 13.2. The summed E-state index contributed by atoms with van der Waals surface area (Å²) >= 11 is 0. The van der Waals surface area contributed by atoms with Crippen molar-refractivity contribution in [3.8, 4) is 0 Å². The highest BCUT2D eigenvalue weighted by atomic mass is 16.6. The highest BCUT2D eigenvalue weighted by Gasteiger charge is 2.41. The molecule has 0 bridgehead atoms. The number of nitrogens with zero attached hydrogens (tertiary/aromatic N) is 2. The first-order chi connectivity index (χ1) is 14.2. The monoisotopic (exact) mass is 416 g/mol. The Balaban J connectivity index is 1.56. The fourth-order valence-corrected chi connectivity index (χ4v) is 4.08. The SMILES string of the molecule is CC(C)(C)OC(=O)N1CCC[C@@H]1C(=O)N1CCC[C@H]1CC(=O)OCc1ccccc1. The summed E-state index contributed by atoms with van der Waals surface area (Å²) < 4.78 is 10.9. The van der Waals surface area contributed by atoms with Crippen LogP contribution in [-0.2, 0) is 25.7 Å². The molecule has 1 aromatic carbocycles. The molecule has 2 aliphatic heterocycles. The van der Waals surface area contributed by atoms with Gasteiger partial charge in [0.25, 0.3) is 0 Å². The first-order valence-electron chi connectivity index (χ1n) is 10.7. The standard InChI is InChI=1S/C23H32N2O5/c1-23(2,3)30-22(28)25-14-8-12-19(25)21(27)24-13-7-11-18(24)15-20(26)29-16-17-9-5-4-6-10-17/h4-6,9-10,18-19H,7-8,11-16H2,1-3H3/t18-,19+/m0/s1. The van der Waals surface area contributed by atoms with Crippen LogP contribution in [0.25, 0.3) is 0 Å². The molecule has 0 N–H and O–H groups in total. The zero-order chi connectivity index (χ0) is 21.7. The van der Waals surface area contributed by atoms with Crippen LogP contribution in [0.1, 0.15) is 58.4 Å². The lowest BCUT2D eigenvalue weighted by Crippen LogP contribution is -2.50. The van der Waals surface area contributed by atoms with Crippen LogP contribution in [0.15, 0.2) is 30.3 Å². The van der Waals surface area contributed by atoms with Gasteiger partial charge >= 0.3 is 12.1 Å². The molecule has 2 saturated heterocycles. The third-order valence-corrected chi connectivity index (χ3v) is 5.47. The van der Waals surface area contributed by atoms with Crippen LogP contribution < -0.4 is 0 Å². The van der Waals surface area contributed by atoms with E-state index in [1.165, 1.54) is 4.90 Å². The van der Waals surface area contributed by atoms with E-state index in [-0.39, 0.29) is 30.9 Å². The average Bonchev–Trinajstić information content (AvgIpc) is 3.35. The van der Waals surface area contributed by atoms with Crippen molar-refractivity contribution < 1.29 is 23.9 Å². The zero-order valence-electron chi connectivity index (χ0n) is 18.1. The summed E-state index contributed by atoms with van der Waals surface area (Å²) in [7, 11) is 0. The predicted molar refractivity (Wildman–Crippen MR) is 112 cm³/mol. The summed E-state index contributed by atoms with van der Waals surface area (Å²) in [5, 5.41) is 0. The molecule has 2 aliphatic rings. The van der Waals surface area contributed by atoms with E-state index in [0.29, 0.717) is 19.5 Å². The summed E-state index contributed by atoms with van der Waals surface area (Å²) in [6.45, 7) is 6.80. The smallest absolute Gasteiger partial charge is 0.410 e. The van der Waals surface area contributed by atoms with Gasteiger partial charge in [-0.1, -0.05) is 30.3 Å². The molecule has 2 atom stereocenters. The maximum atomic E-state index is 13.2. The van der Waals surface area contributed by atoms with Gasteiger partial charge in [0.1, 0.15) is 18.2 Å². The lowest BCUT2D eigenvalue weighted by atomic mass is 10.1. The summed E-state index contributed by atoms with van der Waals surface area (Å²) in [5.41, 5.74) is 0.329. The number of amides is 2. The topological polar surface area (TPSA) is 76.2 Å². The summed E-state index contributed by atoms with van der Waals surface area (Å²) in [4.78, 5) is 41.4. The third-order valence-electron chi connectivity index (χ3n) is 5.47. The molecule has 164 valence electrons. The van der Waals surface area contributed by atoms with Crippen LogP contribution >= 0.6 is 0 Å². The van der Waals surface area contributed by atoms with Gasteiger partial charge in [0.05, 0.1) is 6.42 Å². The van der Waals surface area contributed by atoms with E-state index in [4.69, 9.17) is 9.47 Å². The third kappa shape index (κ3) is 5.74. The Morgan fingerprint density at radius 2 is 1.67 bits per heavy atom. The molecule has 1 aromatic rings. The fourth-order valence-electron chi connectivity index (χ4n) is 4.08. The number of hydrogen-bond donors (Lipinski definition) is 0. The predicted octanol–water partition coefficient (Wildman–Crippen LogP) is 3.51. The lowest BCUT2D eigenvalue weighted by Gasteiger charge is -2.32. The number of ether oxygens (including phenoxy) is 2. The van der Waals surface area contributed by atoms with Crippen molar-refractivity contribution in [2.75, 3.05) is 13.1 Å². The number of likely N-dealkylation sites (tertiary alicyclic amines) is 2. The van der Waals surface area contributed by atoms with Crippen molar-refractivity contribution in [3.05, 3.63) is 35.9 Å². The van der Waals surface area contributed by atoms with Gasteiger partial charge in [-0.05, 0) is 52.0 Å². The van der Waals surface area contributed by atoms with Crippen molar-refractivity contribution in [2.24, 2.45) is 0 Å². The largest absolute Gasteiger partial charge is 0.461 e. The number of carbonyl (C=O) groups excluding carboxylic acids is 3. The first-order valence-corrected chi connectivity index (χ1v) is 10.7. The molecule has 30 heavy (non-hydrogen) atoms. The molecule has 2 heterocycles. The van der Waals surface area contributed by atoms with Gasteiger partial charge in [0.15, 0.2) is 0 Å². The molecule has 0 saturated carbocycles. The van der Waals surface area contributed by atoms with Crippen molar-refractivity contribution in [1.82, 2.24) is 9.80 Å². The molecule has 0 radical (unpaired) electrons. The maximum Gasteiger partial charge on any atom is 0.410 e. The molecule has 0 unspecified atom stereocenters. The zero-order valence-corrected chi connectivity index (χ0v) is 18.1. The van der Waals surface area contributed by atoms with Gasteiger partial charge in [-0.25, -0.2) is 4.79 Å². The van der Waals surface area contributed by atoms with Crippen molar-refractivity contribution in [3.63, 3.8) is 0 Å². The van der Waals surface area contributed by atoms with E-state index in [9.17, 15) is 14.4 Å². The van der Waals surface area contributed by atoms with Gasteiger partial charge in [-0.3, -0.25) is 14.5 Å². The van der Waals surface area contributed by atoms with Crippen LogP contribution in [0.4, 0.5) is 4.79 Å². The summed E-state index contributed by atoms with van der Waals surface area (Å²) in [6, 6.07) is 8.84. The molecule has 0 spiro atoms. The molecule has 7 heteroatoms. The number of rotatable bonds is 5. The van der Waals surface area contributed by atoms with Crippen molar-refractivity contribution in [2.45, 2.75) is 77.2 Å². The average molecular weight is 417 g/mol. The molecule has 2 fully saturated rings. The Morgan fingerprint density at radius 1 is 1.00 bits per heavy atom. The van der Waals surface area contributed by atoms with Crippen LogP contribution in [-0.4, -0.2) is 58.5 Å². The van der Waals surface area contributed by atoms with Gasteiger partial charge in [-0.2, -0.15) is 0 Å². The van der Waals surface area contributed by atoms with Crippen LogP contribution in [0.3, 0.4) is 0 Å². The van der Waals surface area contributed by atoms with Crippen LogP contribution in [0.2, 0.25) is 0 Å². The molecule has 2 amide bonds. The van der Waals surface area contributed by atoms with Crippen LogP contribution in [0, 0.1) is 0 Å². The molecular formula is C23H32N2O5. The second kappa shape index (κ2) is 9.49. The van der Waals surface area contributed by atoms with Gasteiger partial charge in [0, 0.05) is 19.1 Å². The number of benzene rings is 1. The highest BCUT2D eigenvalue weighted by Crippen LogP contribution is 2.27. The van der Waals surface area contributed by atoms with Crippen molar-refractivity contribution in [1.29, 1.82) is 0 Å². The quantitative estimate of drug-likeness (QED) is 0.687. The number of hydrogen-bond acceptors (Lipinski definition) is 5. The second-order valence-corrected chi connectivity index (χ2v) is 9.01. The number of carbonyl (C=O) groups is 3. The fraction of sp³-hybridized carbons (Fsp3) is 0.609. The Morgan fingerprint density at radius 3 is 2.37 bits per heavy atom. The highest BCUT2D eigenvalue weighted by molar-refractivity contribution is 5.87. The summed E-state index contributed by atoms with van der Waals surface area (Å²) in [5.74, 6) is -0.393. The first kappa shape index (κ1) is 22.1. The minimum atomic E-state index is -0.605. The summed E-state index contributed by atoms with van der Waals surface area (Å²) in [6.07, 6.45) is 2.74. The Bertz CT molecular complexity index is 759. The van der Waals surface area contributed by atoms with Crippen LogP contribution in [0.5, 0.6) is 0 Å². The minimum Gasteiger partial charge on any atom is -0.461 e. The van der Waals surface area contributed by atoms with Gasteiger partial charge in [-0.15, -0.1) is 0 Å². The Kier molecular flexibility index (Phi) is 7.00. The van der Waals surface area contributed by atoms with Crippen molar-refractivity contribution >= 4 is 18.0 Å². The van der Waals surface area contributed by atoms with Gasteiger partial charge < -0.3 is 14.4 Å². The van der Waals surface area contributed by atoms with E-state index in [2.05, 4.69) is 0 Å². The van der Waals surface area contributed by atoms with Gasteiger partial charge in [0.2, 0.25) is 5.91 Å². The van der Waals surface area contributed by atoms with E-state index >= 15 is 0 Å². The molecule has 0 aromatic heterocycles. The minimum absolute atomic E-state index is 0.0864. The molecular weight excluding hydrogens is 384 g/mol. The second-order valence-electron chi connectivity index (χ2n) is 9.01. The van der Waals surface area contributed by atoms with E-state index in [1.807, 2.05) is 51.1 Å². The number of esters is 1. The van der Waals surface area contributed by atoms with E-state index in [1.54, 1.807) is 4.90 Å². The molecule has 3 rings (SSSR count). The van der Waals surface area contributed by atoms with E-state index in [0.717, 1.165) is 24.8 Å². The molecule has 7 nitrogen and oxygen atoms in total. The lowest BCUT2D eigenvalue weighted by molar-refractivity contribution is -0.147. The normalized spacial score (nSPS) is 21.6.